The Morgan fingerprint density at radius 2 is 2.31 bits per heavy atom. The van der Waals surface area contributed by atoms with E-state index in [-0.39, 0.29) is 11.6 Å². The van der Waals surface area contributed by atoms with Gasteiger partial charge in [-0.1, -0.05) is 0 Å². The Morgan fingerprint density at radius 1 is 1.62 bits per heavy atom. The molecule has 0 saturated carbocycles. The number of sulfonamides is 1. The highest BCUT2D eigenvalue weighted by Gasteiger charge is 2.10. The molecule has 1 heterocycles. The first-order chi connectivity index (χ1) is 6.04. The Balaban J connectivity index is 2.76. The van der Waals surface area contributed by atoms with Crippen LogP contribution < -0.4 is 5.14 Å². The van der Waals surface area contributed by atoms with Crippen LogP contribution in [0.15, 0.2) is 17.3 Å². The monoisotopic (exact) mass is 205 g/mol. The van der Waals surface area contributed by atoms with Crippen molar-refractivity contribution >= 4 is 10.0 Å². The van der Waals surface area contributed by atoms with E-state index >= 15 is 0 Å². The second kappa shape index (κ2) is 3.86. The summed E-state index contributed by atoms with van der Waals surface area (Å²) in [6.45, 7) is 0.524. The summed E-state index contributed by atoms with van der Waals surface area (Å²) in [5.41, 5.74) is 0. The van der Waals surface area contributed by atoms with Gasteiger partial charge < -0.3 is 5.11 Å². The first kappa shape index (κ1) is 10.2. The van der Waals surface area contributed by atoms with Crippen molar-refractivity contribution in [2.24, 2.45) is 5.14 Å². The fourth-order valence-electron chi connectivity index (χ4n) is 0.852. The molecule has 7 heteroatoms. The van der Waals surface area contributed by atoms with Gasteiger partial charge in [0.15, 0.2) is 5.03 Å². The van der Waals surface area contributed by atoms with E-state index in [9.17, 15) is 8.42 Å². The van der Waals surface area contributed by atoms with Crippen molar-refractivity contribution in [3.05, 3.63) is 12.3 Å². The van der Waals surface area contributed by atoms with Gasteiger partial charge in [-0.25, -0.2) is 13.6 Å². The lowest BCUT2D eigenvalue weighted by Gasteiger charge is -1.97. The Morgan fingerprint density at radius 3 is 2.77 bits per heavy atom. The Hall–Kier alpha value is -0.920. The molecule has 0 unspecified atom stereocenters. The molecule has 0 spiro atoms. The number of hydrogen-bond acceptors (Lipinski definition) is 4. The average molecular weight is 205 g/mol. The molecule has 0 saturated heterocycles. The topological polar surface area (TPSA) is 98.2 Å². The Labute approximate surface area is 76.0 Å². The lowest BCUT2D eigenvalue weighted by atomic mass is 10.5. The Bertz CT molecular complexity index is 370. The van der Waals surface area contributed by atoms with E-state index in [1.54, 1.807) is 0 Å². The summed E-state index contributed by atoms with van der Waals surface area (Å²) in [5.74, 6) is 0. The number of rotatable bonds is 4. The van der Waals surface area contributed by atoms with E-state index < -0.39 is 10.0 Å². The maximum Gasteiger partial charge on any atom is 0.257 e. The van der Waals surface area contributed by atoms with E-state index in [0.29, 0.717) is 13.0 Å². The van der Waals surface area contributed by atoms with Gasteiger partial charge in [0, 0.05) is 19.3 Å². The van der Waals surface area contributed by atoms with Gasteiger partial charge >= 0.3 is 0 Å². The van der Waals surface area contributed by atoms with Gasteiger partial charge in [-0.3, -0.25) is 4.68 Å². The molecule has 0 radical (unpaired) electrons. The SMILES string of the molecule is NS(=O)(=O)c1ccn(CCCO)n1. The van der Waals surface area contributed by atoms with Crippen LogP contribution in [0.3, 0.4) is 0 Å². The zero-order valence-corrected chi connectivity index (χ0v) is 7.74. The summed E-state index contributed by atoms with van der Waals surface area (Å²) in [5, 5.41) is 16.9. The number of primary sulfonamides is 1. The highest BCUT2D eigenvalue weighted by Crippen LogP contribution is 2.01. The van der Waals surface area contributed by atoms with Crippen LogP contribution in [0.1, 0.15) is 6.42 Å². The number of nitrogens with zero attached hydrogens (tertiary/aromatic N) is 2. The molecule has 1 aromatic rings. The summed E-state index contributed by atoms with van der Waals surface area (Å²) in [7, 11) is -3.70. The van der Waals surface area contributed by atoms with Crippen molar-refractivity contribution in [1.29, 1.82) is 0 Å². The fraction of sp³-hybridized carbons (Fsp3) is 0.500. The van der Waals surface area contributed by atoms with Gasteiger partial charge in [-0.15, -0.1) is 0 Å². The maximum absolute atomic E-state index is 10.8. The van der Waals surface area contributed by atoms with Crippen molar-refractivity contribution in [2.45, 2.75) is 18.0 Å². The molecule has 1 aromatic heterocycles. The highest BCUT2D eigenvalue weighted by atomic mass is 32.2. The van der Waals surface area contributed by atoms with Crippen LogP contribution in [-0.4, -0.2) is 29.9 Å². The molecule has 0 fully saturated rings. The molecule has 0 atom stereocenters. The molecule has 0 aliphatic carbocycles. The third kappa shape index (κ3) is 2.79. The second-order valence-corrected chi connectivity index (χ2v) is 4.05. The summed E-state index contributed by atoms with van der Waals surface area (Å²) in [4.78, 5) is 0. The molecule has 74 valence electrons. The lowest BCUT2D eigenvalue weighted by Crippen LogP contribution is -2.13. The van der Waals surface area contributed by atoms with Crippen molar-refractivity contribution in [3.63, 3.8) is 0 Å². The number of aliphatic hydroxyl groups excluding tert-OH is 1. The van der Waals surface area contributed by atoms with E-state index in [2.05, 4.69) is 5.10 Å². The van der Waals surface area contributed by atoms with E-state index in [1.165, 1.54) is 16.9 Å². The summed E-state index contributed by atoms with van der Waals surface area (Å²) in [6.07, 6.45) is 2.04. The standard InChI is InChI=1S/C6H11N3O3S/c7-13(11,12)6-2-4-9(8-6)3-1-5-10/h2,4,10H,1,3,5H2,(H2,7,11,12). The van der Waals surface area contributed by atoms with Crippen LogP contribution in [0.25, 0.3) is 0 Å². The second-order valence-electron chi connectivity index (χ2n) is 2.54. The van der Waals surface area contributed by atoms with Crippen molar-refractivity contribution in [2.75, 3.05) is 6.61 Å². The summed E-state index contributed by atoms with van der Waals surface area (Å²) < 4.78 is 23.0. The van der Waals surface area contributed by atoms with Gasteiger partial charge in [-0.05, 0) is 12.5 Å². The normalized spacial score (nSPS) is 11.8. The first-order valence-electron chi connectivity index (χ1n) is 3.71. The summed E-state index contributed by atoms with van der Waals surface area (Å²) >= 11 is 0. The number of hydrogen-bond donors (Lipinski definition) is 2. The van der Waals surface area contributed by atoms with Crippen LogP contribution in [0.5, 0.6) is 0 Å². The smallest absolute Gasteiger partial charge is 0.257 e. The van der Waals surface area contributed by atoms with Crippen LogP contribution in [0.4, 0.5) is 0 Å². The lowest BCUT2D eigenvalue weighted by molar-refractivity contribution is 0.276. The highest BCUT2D eigenvalue weighted by molar-refractivity contribution is 7.89. The van der Waals surface area contributed by atoms with Crippen LogP contribution in [0, 0.1) is 0 Å². The number of aryl methyl sites for hydroxylation is 1. The number of aliphatic hydroxyl groups is 1. The summed E-state index contributed by atoms with van der Waals surface area (Å²) in [6, 6.07) is 1.33. The molecule has 6 nitrogen and oxygen atoms in total. The van der Waals surface area contributed by atoms with Gasteiger partial charge in [0.25, 0.3) is 10.0 Å². The quantitative estimate of drug-likeness (QED) is 0.652. The molecule has 1 rings (SSSR count). The van der Waals surface area contributed by atoms with Gasteiger partial charge in [0.2, 0.25) is 0 Å². The third-order valence-electron chi connectivity index (χ3n) is 1.45. The molecule has 0 amide bonds. The number of nitrogens with two attached hydrogens (primary N) is 1. The minimum absolute atomic E-state index is 0.0462. The minimum atomic E-state index is -3.70. The van der Waals surface area contributed by atoms with E-state index in [4.69, 9.17) is 10.2 Å². The first-order valence-corrected chi connectivity index (χ1v) is 5.26. The van der Waals surface area contributed by atoms with Gasteiger partial charge in [0.1, 0.15) is 0 Å². The molecule has 3 N–H and O–H groups in total. The van der Waals surface area contributed by atoms with Crippen LogP contribution in [0.2, 0.25) is 0 Å². The molecule has 0 aliphatic heterocycles. The third-order valence-corrected chi connectivity index (χ3v) is 2.25. The zero-order chi connectivity index (χ0) is 9.90. The molecule has 13 heavy (non-hydrogen) atoms. The zero-order valence-electron chi connectivity index (χ0n) is 6.92. The van der Waals surface area contributed by atoms with Crippen LogP contribution >= 0.6 is 0 Å². The minimum Gasteiger partial charge on any atom is -0.396 e. The predicted octanol–water partition coefficient (Wildman–Crippen LogP) is -1.09. The number of aromatic nitrogens is 2. The molecular weight excluding hydrogens is 194 g/mol. The van der Waals surface area contributed by atoms with E-state index in [1.807, 2.05) is 0 Å². The van der Waals surface area contributed by atoms with Crippen LogP contribution in [-0.2, 0) is 16.6 Å². The largest absolute Gasteiger partial charge is 0.396 e. The molecule has 0 aliphatic rings. The van der Waals surface area contributed by atoms with Crippen molar-refractivity contribution in [3.8, 4) is 0 Å². The van der Waals surface area contributed by atoms with Gasteiger partial charge in [0.05, 0.1) is 0 Å². The molecule has 0 aromatic carbocycles. The predicted molar refractivity (Wildman–Crippen MR) is 45.3 cm³/mol. The fourth-order valence-corrected chi connectivity index (χ4v) is 1.32. The maximum atomic E-state index is 10.8. The Kier molecular flexibility index (Phi) is 3.02. The molecular formula is C6H11N3O3S. The van der Waals surface area contributed by atoms with Gasteiger partial charge in [-0.2, -0.15) is 5.10 Å². The van der Waals surface area contributed by atoms with Crippen molar-refractivity contribution in [1.82, 2.24) is 9.78 Å². The van der Waals surface area contributed by atoms with E-state index in [0.717, 1.165) is 0 Å². The molecule has 0 bridgehead atoms. The van der Waals surface area contributed by atoms with Crippen molar-refractivity contribution < 1.29 is 13.5 Å². The average Bonchev–Trinajstić information content (AvgIpc) is 2.47.